The molecule has 0 saturated carbocycles. The molecule has 28 heavy (non-hydrogen) atoms. The standard InChI is InChI=1S/C16H22BrN5O5S/c1-8(9(2)23)20-15-11(17)7-19-16(22-15)21-10-5-12(26-3)14(28(18,24)25)13(6-10)27-4/h5-9,23H,1-4H3,(H2,18,24,25)(H2,19,20,21,22)/t8-,9-/m1/s1. The Kier molecular flexibility index (Phi) is 7.04. The molecule has 0 bridgehead atoms. The first-order chi connectivity index (χ1) is 13.1. The Labute approximate surface area is 171 Å². The van der Waals surface area contributed by atoms with E-state index < -0.39 is 16.1 Å². The maximum Gasteiger partial charge on any atom is 0.245 e. The van der Waals surface area contributed by atoms with Gasteiger partial charge in [0.2, 0.25) is 16.0 Å². The molecule has 1 aromatic heterocycles. The Morgan fingerprint density at radius 3 is 2.25 bits per heavy atom. The van der Waals surface area contributed by atoms with Crippen LogP contribution in [0.2, 0.25) is 0 Å². The summed E-state index contributed by atoms with van der Waals surface area (Å²) < 4.78 is 34.6. The fraction of sp³-hybridized carbons (Fsp3) is 0.375. The predicted octanol–water partition coefficient (Wildman–Crippen LogP) is 1.83. The molecule has 2 atom stereocenters. The Balaban J connectivity index is 2.41. The third-order valence-electron chi connectivity index (χ3n) is 3.83. The van der Waals surface area contributed by atoms with E-state index in [1.54, 1.807) is 13.1 Å². The molecule has 0 aliphatic carbocycles. The van der Waals surface area contributed by atoms with Crippen LogP contribution in [-0.4, -0.2) is 49.9 Å². The number of hydrogen-bond donors (Lipinski definition) is 4. The molecular formula is C16H22BrN5O5S. The van der Waals surface area contributed by atoms with Crippen LogP contribution in [0.1, 0.15) is 13.8 Å². The van der Waals surface area contributed by atoms with Crippen molar-refractivity contribution in [3.63, 3.8) is 0 Å². The van der Waals surface area contributed by atoms with E-state index in [0.717, 1.165) is 0 Å². The van der Waals surface area contributed by atoms with Gasteiger partial charge in [-0.05, 0) is 29.8 Å². The molecule has 0 aliphatic rings. The van der Waals surface area contributed by atoms with E-state index in [0.29, 0.717) is 16.0 Å². The van der Waals surface area contributed by atoms with Crippen LogP contribution in [-0.2, 0) is 10.0 Å². The van der Waals surface area contributed by atoms with Gasteiger partial charge in [0.05, 0.1) is 30.8 Å². The highest BCUT2D eigenvalue weighted by molar-refractivity contribution is 9.10. The lowest BCUT2D eigenvalue weighted by atomic mass is 10.2. The lowest BCUT2D eigenvalue weighted by molar-refractivity contribution is 0.177. The lowest BCUT2D eigenvalue weighted by Crippen LogP contribution is -2.28. The van der Waals surface area contributed by atoms with Gasteiger partial charge in [-0.1, -0.05) is 0 Å². The number of primary sulfonamides is 1. The summed E-state index contributed by atoms with van der Waals surface area (Å²) in [7, 11) is -1.42. The third-order valence-corrected chi connectivity index (χ3v) is 5.39. The number of nitrogens with two attached hydrogens (primary N) is 1. The van der Waals surface area contributed by atoms with Crippen molar-refractivity contribution >= 4 is 43.4 Å². The number of nitrogens with zero attached hydrogens (tertiary/aromatic N) is 2. The SMILES string of the molecule is COc1cc(Nc2ncc(Br)c(N[C@H](C)[C@@H](C)O)n2)cc(OC)c1S(N)(=O)=O. The van der Waals surface area contributed by atoms with Crippen molar-refractivity contribution in [2.75, 3.05) is 24.9 Å². The van der Waals surface area contributed by atoms with Crippen molar-refractivity contribution < 1.29 is 23.0 Å². The summed E-state index contributed by atoms with van der Waals surface area (Å²) in [6.07, 6.45) is 0.956. The molecule has 0 saturated heterocycles. The fourth-order valence-electron chi connectivity index (χ4n) is 2.23. The first-order valence-electron chi connectivity index (χ1n) is 8.09. The van der Waals surface area contributed by atoms with Crippen molar-refractivity contribution in [3.05, 3.63) is 22.8 Å². The number of benzene rings is 1. The second kappa shape index (κ2) is 8.90. The number of aliphatic hydroxyl groups excluding tert-OH is 1. The number of anilines is 3. The average molecular weight is 476 g/mol. The molecule has 154 valence electrons. The molecule has 5 N–H and O–H groups in total. The summed E-state index contributed by atoms with van der Waals surface area (Å²) in [6, 6.07) is 2.64. The quantitative estimate of drug-likeness (QED) is 0.448. The van der Waals surface area contributed by atoms with E-state index in [2.05, 4.69) is 36.5 Å². The minimum atomic E-state index is -4.06. The molecule has 0 aliphatic heterocycles. The molecule has 2 aromatic rings. The molecular weight excluding hydrogens is 454 g/mol. The van der Waals surface area contributed by atoms with Gasteiger partial charge >= 0.3 is 0 Å². The molecule has 1 aromatic carbocycles. The summed E-state index contributed by atoms with van der Waals surface area (Å²) in [4.78, 5) is 8.27. The number of sulfonamides is 1. The van der Waals surface area contributed by atoms with Gasteiger partial charge in [-0.3, -0.25) is 0 Å². The summed E-state index contributed by atoms with van der Waals surface area (Å²) in [6.45, 7) is 3.48. The summed E-state index contributed by atoms with van der Waals surface area (Å²) >= 11 is 3.35. The highest BCUT2D eigenvalue weighted by Crippen LogP contribution is 2.36. The van der Waals surface area contributed by atoms with Gasteiger partial charge in [-0.2, -0.15) is 4.98 Å². The van der Waals surface area contributed by atoms with Crippen molar-refractivity contribution in [2.24, 2.45) is 5.14 Å². The molecule has 10 nitrogen and oxygen atoms in total. The Hall–Kier alpha value is -2.15. The van der Waals surface area contributed by atoms with Crippen molar-refractivity contribution in [1.29, 1.82) is 0 Å². The number of aliphatic hydroxyl groups is 1. The smallest absolute Gasteiger partial charge is 0.245 e. The van der Waals surface area contributed by atoms with Crippen LogP contribution in [0.15, 0.2) is 27.7 Å². The Morgan fingerprint density at radius 2 is 1.79 bits per heavy atom. The van der Waals surface area contributed by atoms with Crippen molar-refractivity contribution in [1.82, 2.24) is 9.97 Å². The first kappa shape index (κ1) is 22.1. The molecule has 0 fully saturated rings. The van der Waals surface area contributed by atoms with Crippen LogP contribution >= 0.6 is 15.9 Å². The molecule has 2 rings (SSSR count). The number of ether oxygens (including phenoxy) is 2. The Morgan fingerprint density at radius 1 is 1.21 bits per heavy atom. The van der Waals surface area contributed by atoms with Gasteiger partial charge in [0, 0.05) is 24.0 Å². The van der Waals surface area contributed by atoms with Gasteiger partial charge in [0.25, 0.3) is 0 Å². The molecule has 0 radical (unpaired) electrons. The van der Waals surface area contributed by atoms with Crippen LogP contribution in [0, 0.1) is 0 Å². The van der Waals surface area contributed by atoms with E-state index in [1.165, 1.54) is 26.4 Å². The normalized spacial score (nSPS) is 13.5. The number of aromatic nitrogens is 2. The van der Waals surface area contributed by atoms with Gasteiger partial charge in [0.1, 0.15) is 17.3 Å². The number of methoxy groups -OCH3 is 2. The van der Waals surface area contributed by atoms with Gasteiger partial charge in [-0.15, -0.1) is 0 Å². The molecule has 0 spiro atoms. The zero-order valence-corrected chi connectivity index (χ0v) is 18.1. The largest absolute Gasteiger partial charge is 0.495 e. The number of halogens is 1. The van der Waals surface area contributed by atoms with Crippen LogP contribution in [0.3, 0.4) is 0 Å². The third kappa shape index (κ3) is 5.22. The number of hydrogen-bond acceptors (Lipinski definition) is 9. The van der Waals surface area contributed by atoms with E-state index in [1.807, 2.05) is 6.92 Å². The Bertz CT molecular complexity index is 929. The highest BCUT2D eigenvalue weighted by atomic mass is 79.9. The van der Waals surface area contributed by atoms with Crippen LogP contribution < -0.4 is 25.2 Å². The summed E-state index contributed by atoms with van der Waals surface area (Å²) in [5, 5.41) is 21.0. The monoisotopic (exact) mass is 475 g/mol. The van der Waals surface area contributed by atoms with E-state index in [9.17, 15) is 13.5 Å². The second-order valence-corrected chi connectivity index (χ2v) is 8.30. The second-order valence-electron chi connectivity index (χ2n) is 5.94. The van der Waals surface area contributed by atoms with Crippen molar-refractivity contribution in [3.8, 4) is 11.5 Å². The van der Waals surface area contributed by atoms with E-state index in [-0.39, 0.29) is 28.4 Å². The zero-order valence-electron chi connectivity index (χ0n) is 15.7. The van der Waals surface area contributed by atoms with Crippen molar-refractivity contribution in [2.45, 2.75) is 30.9 Å². The molecule has 1 heterocycles. The van der Waals surface area contributed by atoms with Gasteiger partial charge < -0.3 is 25.2 Å². The van der Waals surface area contributed by atoms with Crippen LogP contribution in [0.4, 0.5) is 17.5 Å². The first-order valence-corrected chi connectivity index (χ1v) is 10.4. The summed E-state index contributed by atoms with van der Waals surface area (Å²) in [5.41, 5.74) is 0.429. The zero-order chi connectivity index (χ0) is 21.1. The predicted molar refractivity (Wildman–Crippen MR) is 109 cm³/mol. The molecule has 12 heteroatoms. The number of rotatable bonds is 8. The van der Waals surface area contributed by atoms with E-state index in [4.69, 9.17) is 14.6 Å². The fourth-order valence-corrected chi connectivity index (χ4v) is 3.38. The lowest BCUT2D eigenvalue weighted by Gasteiger charge is -2.18. The van der Waals surface area contributed by atoms with Crippen LogP contribution in [0.25, 0.3) is 0 Å². The maximum atomic E-state index is 11.8. The summed E-state index contributed by atoms with van der Waals surface area (Å²) in [5.74, 6) is 0.743. The van der Waals surface area contributed by atoms with Crippen LogP contribution in [0.5, 0.6) is 11.5 Å². The van der Waals surface area contributed by atoms with Gasteiger partial charge in [0.15, 0.2) is 4.90 Å². The topological polar surface area (TPSA) is 149 Å². The maximum absolute atomic E-state index is 11.8. The average Bonchev–Trinajstić information content (AvgIpc) is 2.62. The van der Waals surface area contributed by atoms with E-state index >= 15 is 0 Å². The molecule has 0 amide bonds. The minimum Gasteiger partial charge on any atom is -0.495 e. The van der Waals surface area contributed by atoms with Gasteiger partial charge in [-0.25, -0.2) is 18.5 Å². The highest BCUT2D eigenvalue weighted by Gasteiger charge is 2.23. The minimum absolute atomic E-state index is 0.0162. The number of nitrogens with one attached hydrogen (secondary N) is 2. The molecule has 0 unspecified atom stereocenters.